The molecule has 2 aromatic heterocycles. The summed E-state index contributed by atoms with van der Waals surface area (Å²) in [5.41, 5.74) is 2.89. The molecule has 1 fully saturated rings. The molecule has 3 heterocycles. The molecule has 1 saturated heterocycles. The SMILES string of the molecule is [2H]N1CCC(c2cccc(OCc3cc(Cl)cc4cccnc34)n2)CC1. The Morgan fingerprint density at radius 1 is 1.20 bits per heavy atom. The van der Waals surface area contributed by atoms with Gasteiger partial charge in [-0.3, -0.25) is 4.98 Å². The summed E-state index contributed by atoms with van der Waals surface area (Å²) in [4.78, 5) is 9.13. The molecule has 4 nitrogen and oxygen atoms in total. The molecule has 1 aromatic carbocycles. The van der Waals surface area contributed by atoms with E-state index in [4.69, 9.17) is 17.7 Å². The maximum Gasteiger partial charge on any atom is 0.213 e. The molecule has 0 bridgehead atoms. The van der Waals surface area contributed by atoms with E-state index >= 15 is 0 Å². The number of nitrogens with one attached hydrogen (secondary N) is 1. The van der Waals surface area contributed by atoms with E-state index in [1.54, 1.807) is 11.5 Å². The molecule has 4 rings (SSSR count). The number of ether oxygens (including phenoxy) is 1. The Hall–Kier alpha value is -2.17. The molecule has 1 N–H and O–H groups in total. The predicted octanol–water partition coefficient (Wildman–Crippen LogP) is 4.33. The Kier molecular flexibility index (Phi) is 4.46. The fourth-order valence-corrected chi connectivity index (χ4v) is 3.52. The van der Waals surface area contributed by atoms with E-state index in [0.29, 0.717) is 23.4 Å². The molecular formula is C20H20ClN3O. The molecule has 0 radical (unpaired) electrons. The highest BCUT2D eigenvalue weighted by atomic mass is 35.5. The zero-order valence-electron chi connectivity index (χ0n) is 14.9. The van der Waals surface area contributed by atoms with Crippen molar-refractivity contribution in [2.24, 2.45) is 0 Å². The van der Waals surface area contributed by atoms with Crippen LogP contribution in [-0.4, -0.2) is 23.1 Å². The minimum Gasteiger partial charge on any atom is -0.473 e. The van der Waals surface area contributed by atoms with E-state index < -0.39 is 0 Å². The standard InChI is InChI=1S/C20H20ClN3O/c21-17-11-15-3-2-8-23-20(15)16(12-17)13-25-19-5-1-4-18(24-19)14-6-9-22-10-7-14/h1-5,8,11-12,14,22H,6-7,9-10,13H2/i/hD. The first-order valence-electron chi connectivity index (χ1n) is 9.00. The van der Waals surface area contributed by atoms with Crippen LogP contribution in [0.2, 0.25) is 6.43 Å². The van der Waals surface area contributed by atoms with Crippen molar-refractivity contribution in [2.75, 3.05) is 13.1 Å². The first kappa shape index (κ1) is 15.1. The van der Waals surface area contributed by atoms with Crippen LogP contribution in [0.3, 0.4) is 0 Å². The third kappa shape index (κ3) is 3.75. The lowest BCUT2D eigenvalue weighted by Crippen LogP contribution is -2.27. The lowest BCUT2D eigenvalue weighted by atomic mass is 9.94. The summed E-state index contributed by atoms with van der Waals surface area (Å²) in [5.74, 6) is 1.01. The minimum absolute atomic E-state index is 0.371. The van der Waals surface area contributed by atoms with Crippen LogP contribution in [0, 0.1) is 0 Å². The molecule has 0 aliphatic carbocycles. The molecule has 1 aliphatic heterocycles. The highest BCUT2D eigenvalue weighted by Gasteiger charge is 2.17. The minimum atomic E-state index is 0.371. The monoisotopic (exact) mass is 354 g/mol. The van der Waals surface area contributed by atoms with Gasteiger partial charge in [0.15, 0.2) is 0 Å². The number of pyridine rings is 2. The fourth-order valence-electron chi connectivity index (χ4n) is 3.27. The summed E-state index contributed by atoms with van der Waals surface area (Å²) < 4.78 is 13.6. The number of piperidine rings is 1. The molecule has 0 unspecified atom stereocenters. The molecule has 1 aliphatic rings. The lowest BCUT2D eigenvalue weighted by molar-refractivity contribution is 0.292. The molecular weight excluding hydrogens is 334 g/mol. The van der Waals surface area contributed by atoms with E-state index in [9.17, 15) is 0 Å². The first-order chi connectivity index (χ1) is 12.7. The molecule has 25 heavy (non-hydrogen) atoms. The molecule has 0 amide bonds. The molecule has 128 valence electrons. The largest absolute Gasteiger partial charge is 0.473 e. The number of halogens is 1. The van der Waals surface area contributed by atoms with Gasteiger partial charge in [0.25, 0.3) is 0 Å². The quantitative estimate of drug-likeness (QED) is 0.757. The van der Waals surface area contributed by atoms with Crippen molar-refractivity contribution in [1.82, 2.24) is 15.3 Å². The number of hydrogen-bond acceptors (Lipinski definition) is 4. The summed E-state index contributed by atoms with van der Waals surface area (Å²) in [5, 5.41) is 3.30. The van der Waals surface area contributed by atoms with Gasteiger partial charge in [0.2, 0.25) is 5.88 Å². The Bertz CT molecular complexity index is 912. The van der Waals surface area contributed by atoms with Crippen LogP contribution >= 0.6 is 11.6 Å². The van der Waals surface area contributed by atoms with Crippen molar-refractivity contribution in [3.63, 3.8) is 0 Å². The van der Waals surface area contributed by atoms with Crippen LogP contribution < -0.4 is 10.0 Å². The van der Waals surface area contributed by atoms with Crippen molar-refractivity contribution < 1.29 is 6.15 Å². The highest BCUT2D eigenvalue weighted by molar-refractivity contribution is 6.31. The molecule has 3 aromatic rings. The Labute approximate surface area is 153 Å². The van der Waals surface area contributed by atoms with E-state index in [1.807, 2.05) is 42.5 Å². The Morgan fingerprint density at radius 2 is 2.08 bits per heavy atom. The van der Waals surface area contributed by atoms with E-state index in [1.165, 1.54) is 0 Å². The van der Waals surface area contributed by atoms with Crippen molar-refractivity contribution in [3.8, 4) is 5.88 Å². The van der Waals surface area contributed by atoms with E-state index in [-0.39, 0.29) is 0 Å². The lowest BCUT2D eigenvalue weighted by Gasteiger charge is -2.22. The van der Waals surface area contributed by atoms with Gasteiger partial charge in [0, 0.05) is 39.8 Å². The summed E-state index contributed by atoms with van der Waals surface area (Å²) in [6, 6.07) is 13.6. The van der Waals surface area contributed by atoms with Gasteiger partial charge in [-0.1, -0.05) is 23.7 Å². The van der Waals surface area contributed by atoms with Crippen molar-refractivity contribution in [3.05, 3.63) is 64.9 Å². The highest BCUT2D eigenvalue weighted by Crippen LogP contribution is 2.26. The third-order valence-corrected chi connectivity index (χ3v) is 4.78. The maximum absolute atomic E-state index is 7.68. The second-order valence-corrected chi connectivity index (χ2v) is 6.71. The summed E-state index contributed by atoms with van der Waals surface area (Å²) in [6.45, 7) is 1.95. The third-order valence-electron chi connectivity index (χ3n) is 4.56. The van der Waals surface area contributed by atoms with Crippen LogP contribution in [0.4, 0.5) is 0 Å². The maximum atomic E-state index is 7.68. The summed E-state index contributed by atoms with van der Waals surface area (Å²) >= 11 is 6.23. The van der Waals surface area contributed by atoms with Crippen molar-refractivity contribution in [2.45, 2.75) is 25.4 Å². The Balaban J connectivity index is 1.51. The van der Waals surface area contributed by atoms with Gasteiger partial charge < -0.3 is 10.0 Å². The van der Waals surface area contributed by atoms with E-state index in [2.05, 4.69) is 9.97 Å². The van der Waals surface area contributed by atoms with Crippen molar-refractivity contribution in [1.29, 1.82) is 0 Å². The average molecular weight is 355 g/mol. The number of fused-ring (bicyclic) bond motifs is 1. The van der Waals surface area contributed by atoms with Gasteiger partial charge in [0.1, 0.15) is 8.02 Å². The zero-order chi connectivity index (χ0) is 17.9. The second kappa shape index (κ2) is 7.38. The van der Waals surface area contributed by atoms with Gasteiger partial charge in [-0.15, -0.1) is 0 Å². The van der Waals surface area contributed by atoms with Gasteiger partial charge in [-0.25, -0.2) is 4.98 Å². The average Bonchev–Trinajstić information content (AvgIpc) is 2.67. The zero-order valence-corrected chi connectivity index (χ0v) is 14.6. The van der Waals surface area contributed by atoms with Gasteiger partial charge >= 0.3 is 0 Å². The topological polar surface area (TPSA) is 47.0 Å². The van der Waals surface area contributed by atoms with Gasteiger partial charge in [0.05, 0.1) is 5.52 Å². The van der Waals surface area contributed by atoms with Gasteiger partial charge in [-0.2, -0.15) is 0 Å². The fraction of sp³-hybridized carbons (Fsp3) is 0.300. The molecule has 0 spiro atoms. The number of hydrogen-bond donors (Lipinski definition) is 1. The van der Waals surface area contributed by atoms with Crippen LogP contribution in [-0.2, 0) is 6.61 Å². The molecule has 0 saturated carbocycles. The molecule has 0 atom stereocenters. The molecule has 5 heteroatoms. The van der Waals surface area contributed by atoms with Crippen LogP contribution in [0.15, 0.2) is 48.7 Å². The number of rotatable bonds is 4. The smallest absolute Gasteiger partial charge is 0.213 e. The van der Waals surface area contributed by atoms with Gasteiger partial charge in [-0.05, 0) is 50.2 Å². The number of aromatic nitrogens is 2. The number of benzene rings is 1. The van der Waals surface area contributed by atoms with E-state index in [0.717, 1.165) is 48.1 Å². The van der Waals surface area contributed by atoms with Crippen LogP contribution in [0.5, 0.6) is 5.88 Å². The normalized spacial score (nSPS) is 16.8. The van der Waals surface area contributed by atoms with Crippen LogP contribution in [0.1, 0.15) is 30.0 Å². The Morgan fingerprint density at radius 3 is 2.96 bits per heavy atom. The first-order valence-corrected chi connectivity index (χ1v) is 8.93. The summed E-state index contributed by atoms with van der Waals surface area (Å²) in [6.07, 6.45) is 3.70. The predicted molar refractivity (Wildman–Crippen MR) is 100 cm³/mol. The van der Waals surface area contributed by atoms with Crippen LogP contribution in [0.25, 0.3) is 10.9 Å². The second-order valence-electron chi connectivity index (χ2n) is 6.27. The van der Waals surface area contributed by atoms with Crippen molar-refractivity contribution >= 4 is 22.5 Å². The number of nitrogens with zero attached hydrogens (tertiary/aromatic N) is 2. The summed E-state index contributed by atoms with van der Waals surface area (Å²) in [7, 11) is 0.